The third-order valence-corrected chi connectivity index (χ3v) is 3.94. The second-order valence-electron chi connectivity index (χ2n) is 4.64. The molecule has 2 aromatic carbocycles. The zero-order chi connectivity index (χ0) is 16.3. The Labute approximate surface area is 127 Å². The van der Waals surface area contributed by atoms with E-state index >= 15 is 0 Å². The molecule has 2 rings (SSSR count). The minimum absolute atomic E-state index is 0.101. The highest BCUT2D eigenvalue weighted by molar-refractivity contribution is 7.60. The van der Waals surface area contributed by atoms with Crippen molar-refractivity contribution >= 4 is 30.0 Å². The molecule has 0 aromatic heterocycles. The number of rotatable bonds is 4. The van der Waals surface area contributed by atoms with Crippen LogP contribution in [-0.4, -0.2) is 16.9 Å². The zero-order valence-electron chi connectivity index (χ0n) is 12.1. The van der Waals surface area contributed by atoms with Gasteiger partial charge in [0.1, 0.15) is 5.75 Å². The Bertz CT molecular complexity index is 771. The molecule has 0 saturated heterocycles. The first-order valence-corrected chi connectivity index (χ1v) is 7.94. The standard InChI is InChI=1S/C14H16N3O4P/c1-9-6-12(15)14(21-2)8-13(9)17-16-10-4-3-5-11(7-10)22(18,19)20/h3-8H,15H2,1-2H3,(H2,18,19,20). The number of ether oxygens (including phenoxy) is 1. The van der Waals surface area contributed by atoms with Crippen molar-refractivity contribution < 1.29 is 19.1 Å². The summed E-state index contributed by atoms with van der Waals surface area (Å²) in [6.07, 6.45) is 0. The van der Waals surface area contributed by atoms with Crippen LogP contribution in [0.25, 0.3) is 0 Å². The van der Waals surface area contributed by atoms with Crippen molar-refractivity contribution in [2.75, 3.05) is 12.8 Å². The van der Waals surface area contributed by atoms with Gasteiger partial charge in [-0.3, -0.25) is 4.57 Å². The fourth-order valence-electron chi connectivity index (χ4n) is 1.83. The number of aryl methyl sites for hydroxylation is 1. The number of methoxy groups -OCH3 is 1. The average Bonchev–Trinajstić information content (AvgIpc) is 2.46. The Kier molecular flexibility index (Phi) is 4.61. The predicted octanol–water partition coefficient (Wildman–Crippen LogP) is 2.80. The number of nitrogen functional groups attached to an aromatic ring is 1. The first-order valence-electron chi connectivity index (χ1n) is 6.33. The second-order valence-corrected chi connectivity index (χ2v) is 6.25. The van der Waals surface area contributed by atoms with E-state index in [9.17, 15) is 4.57 Å². The number of hydrogen-bond donors (Lipinski definition) is 3. The molecule has 0 aliphatic rings. The summed E-state index contributed by atoms with van der Waals surface area (Å²) in [4.78, 5) is 18.3. The van der Waals surface area contributed by atoms with Gasteiger partial charge in [-0.25, -0.2) is 0 Å². The summed E-state index contributed by atoms with van der Waals surface area (Å²) in [5, 5.41) is 7.99. The molecule has 0 radical (unpaired) electrons. The molecule has 2 aromatic rings. The summed E-state index contributed by atoms with van der Waals surface area (Å²) in [5.74, 6) is 0.489. The summed E-state index contributed by atoms with van der Waals surface area (Å²) in [5.41, 5.74) is 8.01. The van der Waals surface area contributed by atoms with Crippen molar-refractivity contribution in [3.8, 4) is 5.75 Å². The maximum absolute atomic E-state index is 11.2. The van der Waals surface area contributed by atoms with Crippen LogP contribution in [0.2, 0.25) is 0 Å². The lowest BCUT2D eigenvalue weighted by atomic mass is 10.1. The molecule has 22 heavy (non-hydrogen) atoms. The smallest absolute Gasteiger partial charge is 0.356 e. The fourth-order valence-corrected chi connectivity index (χ4v) is 2.41. The van der Waals surface area contributed by atoms with E-state index in [2.05, 4.69) is 10.2 Å². The van der Waals surface area contributed by atoms with Crippen molar-refractivity contribution in [3.05, 3.63) is 42.0 Å². The van der Waals surface area contributed by atoms with Gasteiger partial charge in [0.2, 0.25) is 0 Å². The number of nitrogens with zero attached hydrogens (tertiary/aromatic N) is 2. The molecule has 0 aliphatic heterocycles. The van der Waals surface area contributed by atoms with E-state index in [0.717, 1.165) is 5.56 Å². The summed E-state index contributed by atoms with van der Waals surface area (Å²) in [6, 6.07) is 9.14. The molecule has 0 fully saturated rings. The van der Waals surface area contributed by atoms with E-state index in [1.54, 1.807) is 18.2 Å². The van der Waals surface area contributed by atoms with Gasteiger partial charge in [0.25, 0.3) is 0 Å². The summed E-state index contributed by atoms with van der Waals surface area (Å²) in [6.45, 7) is 1.83. The lowest BCUT2D eigenvalue weighted by molar-refractivity contribution is 0.387. The Hall–Kier alpha value is -2.21. The molecule has 0 heterocycles. The second kappa shape index (κ2) is 6.27. The third kappa shape index (κ3) is 3.71. The van der Waals surface area contributed by atoms with E-state index in [-0.39, 0.29) is 5.30 Å². The van der Waals surface area contributed by atoms with Gasteiger partial charge < -0.3 is 20.3 Å². The van der Waals surface area contributed by atoms with Gasteiger partial charge in [-0.05, 0) is 36.8 Å². The zero-order valence-corrected chi connectivity index (χ0v) is 13.0. The highest BCUT2D eigenvalue weighted by atomic mass is 31.2. The topological polar surface area (TPSA) is 118 Å². The Morgan fingerprint density at radius 3 is 2.55 bits per heavy atom. The minimum Gasteiger partial charge on any atom is -0.495 e. The largest absolute Gasteiger partial charge is 0.495 e. The lowest BCUT2D eigenvalue weighted by Gasteiger charge is -2.07. The van der Waals surface area contributed by atoms with Crippen molar-refractivity contribution in [3.63, 3.8) is 0 Å². The van der Waals surface area contributed by atoms with Crippen molar-refractivity contribution in [2.45, 2.75) is 6.92 Å². The normalized spacial score (nSPS) is 11.8. The first-order chi connectivity index (χ1) is 10.3. The van der Waals surface area contributed by atoms with Crippen LogP contribution in [0, 0.1) is 6.92 Å². The monoisotopic (exact) mass is 321 g/mol. The SMILES string of the molecule is COc1cc(N=Nc2cccc(P(=O)(O)O)c2)c(C)cc1N. The molecule has 4 N–H and O–H groups in total. The van der Waals surface area contributed by atoms with E-state index in [0.29, 0.717) is 22.8 Å². The number of anilines is 1. The molecule has 0 atom stereocenters. The van der Waals surface area contributed by atoms with E-state index in [4.69, 9.17) is 20.3 Å². The van der Waals surface area contributed by atoms with Crippen LogP contribution in [-0.2, 0) is 4.57 Å². The van der Waals surface area contributed by atoms with Crippen molar-refractivity contribution in [2.24, 2.45) is 10.2 Å². The molecule has 0 unspecified atom stereocenters. The summed E-state index contributed by atoms with van der Waals surface area (Å²) < 4.78 is 16.4. The quantitative estimate of drug-likeness (QED) is 0.454. The molecule has 0 amide bonds. The number of azo groups is 1. The van der Waals surface area contributed by atoms with E-state index in [1.807, 2.05) is 6.92 Å². The van der Waals surface area contributed by atoms with Gasteiger partial charge >= 0.3 is 7.60 Å². The van der Waals surface area contributed by atoms with Gasteiger partial charge in [0.15, 0.2) is 0 Å². The van der Waals surface area contributed by atoms with Crippen LogP contribution < -0.4 is 15.8 Å². The van der Waals surface area contributed by atoms with Gasteiger partial charge in [-0.1, -0.05) is 6.07 Å². The molecule has 0 bridgehead atoms. The van der Waals surface area contributed by atoms with E-state index in [1.165, 1.54) is 25.3 Å². The third-order valence-electron chi connectivity index (χ3n) is 2.99. The highest BCUT2D eigenvalue weighted by Crippen LogP contribution is 2.35. The van der Waals surface area contributed by atoms with Gasteiger partial charge in [-0.15, -0.1) is 0 Å². The van der Waals surface area contributed by atoms with Gasteiger partial charge in [-0.2, -0.15) is 10.2 Å². The minimum atomic E-state index is -4.31. The van der Waals surface area contributed by atoms with Crippen LogP contribution in [0.1, 0.15) is 5.56 Å². The Balaban J connectivity index is 2.35. The highest BCUT2D eigenvalue weighted by Gasteiger charge is 2.16. The summed E-state index contributed by atoms with van der Waals surface area (Å²) in [7, 11) is -2.80. The summed E-state index contributed by atoms with van der Waals surface area (Å²) >= 11 is 0. The van der Waals surface area contributed by atoms with Crippen molar-refractivity contribution in [1.29, 1.82) is 0 Å². The fraction of sp³-hybridized carbons (Fsp3) is 0.143. The Morgan fingerprint density at radius 1 is 1.18 bits per heavy atom. The van der Waals surface area contributed by atoms with Gasteiger partial charge in [0.05, 0.1) is 29.5 Å². The molecular formula is C14H16N3O4P. The molecule has 116 valence electrons. The molecule has 0 spiro atoms. The number of benzene rings is 2. The number of hydrogen-bond acceptors (Lipinski definition) is 5. The van der Waals surface area contributed by atoms with Crippen LogP contribution in [0.3, 0.4) is 0 Å². The van der Waals surface area contributed by atoms with Crippen LogP contribution in [0.15, 0.2) is 46.6 Å². The molecule has 7 nitrogen and oxygen atoms in total. The van der Waals surface area contributed by atoms with E-state index < -0.39 is 7.60 Å². The molecule has 8 heteroatoms. The first kappa shape index (κ1) is 16.2. The van der Waals surface area contributed by atoms with Crippen LogP contribution >= 0.6 is 7.60 Å². The number of nitrogens with two attached hydrogens (primary N) is 1. The maximum atomic E-state index is 11.2. The van der Waals surface area contributed by atoms with Crippen LogP contribution in [0.4, 0.5) is 17.1 Å². The molecule has 0 aliphatic carbocycles. The predicted molar refractivity (Wildman–Crippen MR) is 84.4 cm³/mol. The van der Waals surface area contributed by atoms with Crippen LogP contribution in [0.5, 0.6) is 5.75 Å². The van der Waals surface area contributed by atoms with Crippen molar-refractivity contribution in [1.82, 2.24) is 0 Å². The Morgan fingerprint density at radius 2 is 1.91 bits per heavy atom. The lowest BCUT2D eigenvalue weighted by Crippen LogP contribution is -2.01. The maximum Gasteiger partial charge on any atom is 0.356 e. The average molecular weight is 321 g/mol. The molecular weight excluding hydrogens is 305 g/mol. The molecule has 0 saturated carbocycles. The van der Waals surface area contributed by atoms with Gasteiger partial charge in [0, 0.05) is 6.07 Å².